The molecule has 1 aromatic heterocycles. The first-order chi connectivity index (χ1) is 10.6. The summed E-state index contributed by atoms with van der Waals surface area (Å²) in [5.41, 5.74) is 3.45. The van der Waals surface area contributed by atoms with E-state index in [1.54, 1.807) is 7.11 Å². The lowest BCUT2D eigenvalue weighted by Gasteiger charge is -2.04. The van der Waals surface area contributed by atoms with Crippen molar-refractivity contribution in [3.05, 3.63) is 52.5 Å². The third-order valence-corrected chi connectivity index (χ3v) is 4.10. The van der Waals surface area contributed by atoms with Crippen LogP contribution in [0.1, 0.15) is 5.56 Å². The number of carboxylic acid groups (broad SMARTS) is 1. The lowest BCUT2D eigenvalue weighted by atomic mass is 10.0. The van der Waals surface area contributed by atoms with Gasteiger partial charge in [-0.15, -0.1) is 0 Å². The first-order valence-corrected chi connectivity index (χ1v) is 7.54. The van der Waals surface area contributed by atoms with Gasteiger partial charge in [0, 0.05) is 15.4 Å². The van der Waals surface area contributed by atoms with Crippen molar-refractivity contribution in [3.8, 4) is 17.0 Å². The monoisotopic (exact) mass is 359 g/mol. The molecule has 0 atom stereocenters. The average Bonchev–Trinajstić information content (AvgIpc) is 2.85. The molecule has 0 bridgehead atoms. The number of benzene rings is 2. The normalized spacial score (nSPS) is 10.8. The predicted molar refractivity (Wildman–Crippen MR) is 89.3 cm³/mol. The number of fused-ring (bicyclic) bond motifs is 1. The lowest BCUT2D eigenvalue weighted by molar-refractivity contribution is -0.136. The molecule has 5 heteroatoms. The van der Waals surface area contributed by atoms with Gasteiger partial charge < -0.3 is 14.8 Å². The number of carboxylic acids is 1. The van der Waals surface area contributed by atoms with Crippen molar-refractivity contribution in [2.75, 3.05) is 7.11 Å². The standard InChI is InChI=1S/C17H14BrNO3/c1-22-12-6-7-15-13(8-12)14(9-16(20)21)17(19-15)10-2-4-11(18)5-3-10/h2-8,19H,9H2,1H3,(H,20,21). The zero-order chi connectivity index (χ0) is 15.7. The minimum absolute atomic E-state index is 0.0431. The number of rotatable bonds is 4. The summed E-state index contributed by atoms with van der Waals surface area (Å²) in [5, 5.41) is 10.1. The molecule has 0 aliphatic heterocycles. The van der Waals surface area contributed by atoms with Gasteiger partial charge in [-0.05, 0) is 41.5 Å². The summed E-state index contributed by atoms with van der Waals surface area (Å²) in [6.07, 6.45) is -0.0431. The third-order valence-electron chi connectivity index (χ3n) is 3.57. The molecule has 22 heavy (non-hydrogen) atoms. The van der Waals surface area contributed by atoms with Crippen LogP contribution >= 0.6 is 15.9 Å². The second-order valence-electron chi connectivity index (χ2n) is 4.97. The zero-order valence-electron chi connectivity index (χ0n) is 11.9. The second kappa shape index (κ2) is 5.85. The van der Waals surface area contributed by atoms with Crippen LogP contribution in [0, 0.1) is 0 Å². The molecular formula is C17H14BrNO3. The average molecular weight is 360 g/mol. The molecule has 112 valence electrons. The van der Waals surface area contributed by atoms with Crippen LogP contribution in [0.15, 0.2) is 46.9 Å². The topological polar surface area (TPSA) is 62.3 Å². The van der Waals surface area contributed by atoms with Gasteiger partial charge in [0.15, 0.2) is 0 Å². The molecule has 0 amide bonds. The van der Waals surface area contributed by atoms with Crippen LogP contribution in [-0.4, -0.2) is 23.2 Å². The van der Waals surface area contributed by atoms with E-state index in [0.717, 1.165) is 32.2 Å². The van der Waals surface area contributed by atoms with E-state index in [4.69, 9.17) is 4.74 Å². The largest absolute Gasteiger partial charge is 0.497 e. The van der Waals surface area contributed by atoms with Crippen molar-refractivity contribution in [3.63, 3.8) is 0 Å². The van der Waals surface area contributed by atoms with E-state index in [1.807, 2.05) is 42.5 Å². The minimum Gasteiger partial charge on any atom is -0.497 e. The van der Waals surface area contributed by atoms with E-state index >= 15 is 0 Å². The Labute approximate surface area is 135 Å². The van der Waals surface area contributed by atoms with Crippen molar-refractivity contribution in [2.24, 2.45) is 0 Å². The van der Waals surface area contributed by atoms with Gasteiger partial charge in [0.2, 0.25) is 0 Å². The summed E-state index contributed by atoms with van der Waals surface area (Å²) in [6, 6.07) is 13.4. The van der Waals surface area contributed by atoms with Gasteiger partial charge in [0.05, 0.1) is 19.2 Å². The molecule has 0 saturated heterocycles. The Hall–Kier alpha value is -2.27. The Kier molecular flexibility index (Phi) is 3.90. The fourth-order valence-corrected chi connectivity index (χ4v) is 2.82. The van der Waals surface area contributed by atoms with Crippen molar-refractivity contribution in [1.82, 2.24) is 4.98 Å². The Balaban J connectivity index is 2.23. The van der Waals surface area contributed by atoms with Crippen molar-refractivity contribution >= 4 is 32.8 Å². The van der Waals surface area contributed by atoms with E-state index in [-0.39, 0.29) is 6.42 Å². The summed E-state index contributed by atoms with van der Waals surface area (Å²) >= 11 is 3.41. The van der Waals surface area contributed by atoms with E-state index in [1.165, 1.54) is 0 Å². The van der Waals surface area contributed by atoms with Gasteiger partial charge in [0.1, 0.15) is 5.75 Å². The quantitative estimate of drug-likeness (QED) is 0.732. The highest BCUT2D eigenvalue weighted by Gasteiger charge is 2.16. The highest BCUT2D eigenvalue weighted by atomic mass is 79.9. The SMILES string of the molecule is COc1ccc2[nH]c(-c3ccc(Br)cc3)c(CC(=O)O)c2c1. The third kappa shape index (κ3) is 2.72. The Morgan fingerprint density at radius 2 is 1.95 bits per heavy atom. The predicted octanol–water partition coefficient (Wildman–Crippen LogP) is 4.23. The van der Waals surface area contributed by atoms with Crippen LogP contribution in [0.3, 0.4) is 0 Å². The molecule has 0 spiro atoms. The number of aromatic nitrogens is 1. The van der Waals surface area contributed by atoms with E-state index in [2.05, 4.69) is 20.9 Å². The number of nitrogens with one attached hydrogen (secondary N) is 1. The van der Waals surface area contributed by atoms with Crippen LogP contribution in [-0.2, 0) is 11.2 Å². The maximum atomic E-state index is 11.2. The first kappa shape index (κ1) is 14.7. The van der Waals surface area contributed by atoms with Crippen LogP contribution in [0.5, 0.6) is 5.75 Å². The number of methoxy groups -OCH3 is 1. The number of H-pyrrole nitrogens is 1. The summed E-state index contributed by atoms with van der Waals surface area (Å²) in [7, 11) is 1.60. The highest BCUT2D eigenvalue weighted by Crippen LogP contribution is 2.33. The lowest BCUT2D eigenvalue weighted by Crippen LogP contribution is -2.01. The van der Waals surface area contributed by atoms with Crippen LogP contribution in [0.25, 0.3) is 22.2 Å². The molecule has 3 rings (SSSR count). The van der Waals surface area contributed by atoms with Gasteiger partial charge >= 0.3 is 5.97 Å². The van der Waals surface area contributed by atoms with Gasteiger partial charge in [0.25, 0.3) is 0 Å². The van der Waals surface area contributed by atoms with Crippen molar-refractivity contribution < 1.29 is 14.6 Å². The van der Waals surface area contributed by atoms with Gasteiger partial charge in [-0.1, -0.05) is 28.1 Å². The maximum Gasteiger partial charge on any atom is 0.307 e. The fourth-order valence-electron chi connectivity index (χ4n) is 2.55. The number of aliphatic carboxylic acids is 1. The second-order valence-corrected chi connectivity index (χ2v) is 5.88. The maximum absolute atomic E-state index is 11.2. The molecule has 4 nitrogen and oxygen atoms in total. The number of ether oxygens (including phenoxy) is 1. The fraction of sp³-hybridized carbons (Fsp3) is 0.118. The number of halogens is 1. The first-order valence-electron chi connectivity index (χ1n) is 6.75. The summed E-state index contributed by atoms with van der Waals surface area (Å²) in [6.45, 7) is 0. The highest BCUT2D eigenvalue weighted by molar-refractivity contribution is 9.10. The molecule has 3 aromatic rings. The van der Waals surface area contributed by atoms with E-state index in [0.29, 0.717) is 5.75 Å². The number of hydrogen-bond acceptors (Lipinski definition) is 2. The summed E-state index contributed by atoms with van der Waals surface area (Å²) in [4.78, 5) is 14.6. The molecular weight excluding hydrogens is 346 g/mol. The molecule has 0 radical (unpaired) electrons. The summed E-state index contributed by atoms with van der Waals surface area (Å²) in [5.74, 6) is -0.150. The van der Waals surface area contributed by atoms with Crippen LogP contribution in [0.2, 0.25) is 0 Å². The van der Waals surface area contributed by atoms with E-state index < -0.39 is 5.97 Å². The minimum atomic E-state index is -0.859. The molecule has 0 aliphatic carbocycles. The molecule has 0 aliphatic rings. The zero-order valence-corrected chi connectivity index (χ0v) is 13.5. The van der Waals surface area contributed by atoms with Crippen LogP contribution < -0.4 is 4.74 Å². The van der Waals surface area contributed by atoms with E-state index in [9.17, 15) is 9.90 Å². The number of hydrogen-bond donors (Lipinski definition) is 2. The molecule has 2 N–H and O–H groups in total. The smallest absolute Gasteiger partial charge is 0.307 e. The molecule has 0 unspecified atom stereocenters. The van der Waals surface area contributed by atoms with Crippen molar-refractivity contribution in [2.45, 2.75) is 6.42 Å². The molecule has 0 saturated carbocycles. The molecule has 2 aromatic carbocycles. The Bertz CT molecular complexity index is 837. The Morgan fingerprint density at radius 3 is 2.59 bits per heavy atom. The Morgan fingerprint density at radius 1 is 1.23 bits per heavy atom. The van der Waals surface area contributed by atoms with Crippen LogP contribution in [0.4, 0.5) is 0 Å². The van der Waals surface area contributed by atoms with Crippen molar-refractivity contribution in [1.29, 1.82) is 0 Å². The van der Waals surface area contributed by atoms with Gasteiger partial charge in [-0.2, -0.15) is 0 Å². The number of aromatic amines is 1. The van der Waals surface area contributed by atoms with Gasteiger partial charge in [-0.25, -0.2) is 0 Å². The summed E-state index contributed by atoms with van der Waals surface area (Å²) < 4.78 is 6.23. The van der Waals surface area contributed by atoms with Gasteiger partial charge in [-0.3, -0.25) is 4.79 Å². The molecule has 0 fully saturated rings. The molecule has 1 heterocycles. The number of carbonyl (C=O) groups is 1.